The second-order valence-electron chi connectivity index (χ2n) is 5.61. The van der Waals surface area contributed by atoms with Crippen LogP contribution in [0.2, 0.25) is 5.15 Å². The summed E-state index contributed by atoms with van der Waals surface area (Å²) in [5, 5.41) is 12.7. The minimum absolute atomic E-state index is 0.190. The molecule has 0 aliphatic carbocycles. The lowest BCUT2D eigenvalue weighted by atomic mass is 9.98. The van der Waals surface area contributed by atoms with E-state index in [2.05, 4.69) is 10.3 Å². The van der Waals surface area contributed by atoms with Crippen molar-refractivity contribution >= 4 is 17.5 Å². The molecule has 106 valence electrons. The van der Waals surface area contributed by atoms with Gasteiger partial charge in [-0.15, -0.1) is 0 Å². The van der Waals surface area contributed by atoms with Crippen LogP contribution in [0.15, 0.2) is 12.1 Å². The molecule has 0 spiro atoms. The zero-order chi connectivity index (χ0) is 14.8. The highest BCUT2D eigenvalue weighted by molar-refractivity contribution is 6.29. The molecular weight excluding hydrogens is 264 g/mol. The third-order valence-electron chi connectivity index (χ3n) is 3.15. The second-order valence-corrected chi connectivity index (χ2v) is 6.00. The van der Waals surface area contributed by atoms with E-state index in [4.69, 9.17) is 11.6 Å². The molecule has 0 radical (unpaired) electrons. The SMILES string of the molecule is CC(C)c1cc(C(=O)NC(C)(C)C(C)O)cc(Cl)n1. The lowest BCUT2D eigenvalue weighted by Gasteiger charge is -2.29. The topological polar surface area (TPSA) is 62.2 Å². The van der Waals surface area contributed by atoms with Crippen LogP contribution in [0.5, 0.6) is 0 Å². The highest BCUT2D eigenvalue weighted by Gasteiger charge is 2.26. The van der Waals surface area contributed by atoms with Gasteiger partial charge >= 0.3 is 0 Å². The molecule has 1 amide bonds. The van der Waals surface area contributed by atoms with Crippen LogP contribution in [0.4, 0.5) is 0 Å². The van der Waals surface area contributed by atoms with E-state index in [1.165, 1.54) is 6.07 Å². The first kappa shape index (κ1) is 15.9. The molecule has 1 rings (SSSR count). The maximum absolute atomic E-state index is 12.2. The Morgan fingerprint density at radius 1 is 1.37 bits per heavy atom. The molecule has 1 aromatic heterocycles. The fraction of sp³-hybridized carbons (Fsp3) is 0.571. The van der Waals surface area contributed by atoms with Crippen molar-refractivity contribution in [3.63, 3.8) is 0 Å². The van der Waals surface area contributed by atoms with Crippen molar-refractivity contribution in [3.8, 4) is 0 Å². The fourth-order valence-corrected chi connectivity index (χ4v) is 1.63. The summed E-state index contributed by atoms with van der Waals surface area (Å²) in [6, 6.07) is 3.25. The number of aliphatic hydroxyl groups excluding tert-OH is 1. The van der Waals surface area contributed by atoms with Crippen LogP contribution in [0.1, 0.15) is 56.6 Å². The van der Waals surface area contributed by atoms with Crippen LogP contribution in [0.25, 0.3) is 0 Å². The number of aromatic nitrogens is 1. The van der Waals surface area contributed by atoms with Gasteiger partial charge in [0.2, 0.25) is 0 Å². The van der Waals surface area contributed by atoms with Gasteiger partial charge in [0.05, 0.1) is 11.6 Å². The Balaban J connectivity index is 3.00. The van der Waals surface area contributed by atoms with E-state index in [0.717, 1.165) is 5.69 Å². The van der Waals surface area contributed by atoms with Crippen molar-refractivity contribution in [1.82, 2.24) is 10.3 Å². The average molecular weight is 285 g/mol. The molecule has 1 atom stereocenters. The summed E-state index contributed by atoms with van der Waals surface area (Å²) < 4.78 is 0. The van der Waals surface area contributed by atoms with Crippen molar-refractivity contribution in [3.05, 3.63) is 28.5 Å². The van der Waals surface area contributed by atoms with E-state index in [1.54, 1.807) is 26.8 Å². The summed E-state index contributed by atoms with van der Waals surface area (Å²) in [6.45, 7) is 9.14. The number of hydrogen-bond acceptors (Lipinski definition) is 3. The maximum Gasteiger partial charge on any atom is 0.251 e. The Labute approximate surface area is 119 Å². The minimum Gasteiger partial charge on any atom is -0.391 e. The number of carbonyl (C=O) groups is 1. The van der Waals surface area contributed by atoms with E-state index in [1.807, 2.05) is 13.8 Å². The van der Waals surface area contributed by atoms with Gasteiger partial charge in [0.25, 0.3) is 5.91 Å². The first-order valence-corrected chi connectivity index (χ1v) is 6.69. The zero-order valence-corrected chi connectivity index (χ0v) is 12.7. The molecule has 0 saturated heterocycles. The molecule has 1 unspecified atom stereocenters. The van der Waals surface area contributed by atoms with Gasteiger partial charge in [-0.3, -0.25) is 4.79 Å². The maximum atomic E-state index is 12.2. The van der Waals surface area contributed by atoms with E-state index in [-0.39, 0.29) is 11.8 Å². The first-order chi connectivity index (χ1) is 8.63. The number of rotatable bonds is 4. The molecule has 4 nitrogen and oxygen atoms in total. The Kier molecular flexibility index (Phi) is 4.93. The molecule has 0 bridgehead atoms. The van der Waals surface area contributed by atoms with E-state index >= 15 is 0 Å². The number of amides is 1. The number of hydrogen-bond donors (Lipinski definition) is 2. The molecule has 0 aliphatic rings. The lowest BCUT2D eigenvalue weighted by molar-refractivity contribution is 0.0709. The van der Waals surface area contributed by atoms with Crippen LogP contribution < -0.4 is 5.32 Å². The van der Waals surface area contributed by atoms with Crippen molar-refractivity contribution in [2.24, 2.45) is 0 Å². The van der Waals surface area contributed by atoms with Crippen molar-refractivity contribution < 1.29 is 9.90 Å². The van der Waals surface area contributed by atoms with Gasteiger partial charge in [0.15, 0.2) is 0 Å². The zero-order valence-electron chi connectivity index (χ0n) is 12.0. The van der Waals surface area contributed by atoms with E-state index in [9.17, 15) is 9.90 Å². The summed E-state index contributed by atoms with van der Waals surface area (Å²) in [6.07, 6.45) is -0.654. The van der Waals surface area contributed by atoms with Gasteiger partial charge in [0.1, 0.15) is 5.15 Å². The monoisotopic (exact) mass is 284 g/mol. The highest BCUT2D eigenvalue weighted by Crippen LogP contribution is 2.18. The van der Waals surface area contributed by atoms with Gasteiger partial charge in [-0.05, 0) is 38.8 Å². The summed E-state index contributed by atoms with van der Waals surface area (Å²) in [7, 11) is 0. The molecule has 1 heterocycles. The molecule has 1 aromatic rings. The smallest absolute Gasteiger partial charge is 0.251 e. The second kappa shape index (κ2) is 5.88. The summed E-state index contributed by atoms with van der Waals surface area (Å²) in [5.41, 5.74) is 0.523. The van der Waals surface area contributed by atoms with Crippen LogP contribution in [0.3, 0.4) is 0 Å². The predicted octanol–water partition coefficient (Wildman–Crippen LogP) is 2.75. The molecule has 19 heavy (non-hydrogen) atoms. The summed E-state index contributed by atoms with van der Waals surface area (Å²) >= 11 is 5.93. The van der Waals surface area contributed by atoms with Gasteiger partial charge in [-0.25, -0.2) is 4.98 Å². The molecule has 0 fully saturated rings. The standard InChI is InChI=1S/C14H21ClN2O2/c1-8(2)11-6-10(7-12(15)16-11)13(19)17-14(4,5)9(3)18/h6-9,18H,1-5H3,(H,17,19). The third kappa shape index (κ3) is 4.18. The predicted molar refractivity (Wildman–Crippen MR) is 76.6 cm³/mol. The normalized spacial score (nSPS) is 13.5. The third-order valence-corrected chi connectivity index (χ3v) is 3.34. The molecule has 0 aromatic carbocycles. The molecular formula is C14H21ClN2O2. The van der Waals surface area contributed by atoms with Crippen LogP contribution in [-0.2, 0) is 0 Å². The minimum atomic E-state index is -0.704. The Morgan fingerprint density at radius 3 is 2.42 bits per heavy atom. The van der Waals surface area contributed by atoms with Gasteiger partial charge < -0.3 is 10.4 Å². The van der Waals surface area contributed by atoms with Gasteiger partial charge in [0, 0.05) is 11.3 Å². The molecule has 0 saturated carbocycles. The van der Waals surface area contributed by atoms with Crippen LogP contribution in [0, 0.1) is 0 Å². The number of halogens is 1. The van der Waals surface area contributed by atoms with E-state index < -0.39 is 11.6 Å². The Bertz CT molecular complexity index is 471. The Morgan fingerprint density at radius 2 is 1.95 bits per heavy atom. The largest absolute Gasteiger partial charge is 0.391 e. The number of nitrogens with one attached hydrogen (secondary N) is 1. The number of pyridine rings is 1. The van der Waals surface area contributed by atoms with Crippen molar-refractivity contribution in [1.29, 1.82) is 0 Å². The summed E-state index contributed by atoms with van der Waals surface area (Å²) in [5.74, 6) is -0.0767. The quantitative estimate of drug-likeness (QED) is 0.836. The number of aliphatic hydroxyl groups is 1. The van der Waals surface area contributed by atoms with Crippen molar-refractivity contribution in [2.45, 2.75) is 52.2 Å². The molecule has 2 N–H and O–H groups in total. The van der Waals surface area contributed by atoms with Gasteiger partial charge in [-0.1, -0.05) is 25.4 Å². The summed E-state index contributed by atoms with van der Waals surface area (Å²) in [4.78, 5) is 16.4. The van der Waals surface area contributed by atoms with Gasteiger partial charge in [-0.2, -0.15) is 0 Å². The Hall–Kier alpha value is -1.13. The average Bonchev–Trinajstić information content (AvgIpc) is 2.27. The van der Waals surface area contributed by atoms with Crippen LogP contribution >= 0.6 is 11.6 Å². The fourth-order valence-electron chi connectivity index (χ4n) is 1.41. The number of nitrogens with zero attached hydrogens (tertiary/aromatic N) is 1. The lowest BCUT2D eigenvalue weighted by Crippen LogP contribution is -2.51. The highest BCUT2D eigenvalue weighted by atomic mass is 35.5. The first-order valence-electron chi connectivity index (χ1n) is 6.31. The van der Waals surface area contributed by atoms with E-state index in [0.29, 0.717) is 10.7 Å². The molecule has 5 heteroatoms. The number of carbonyl (C=O) groups excluding carboxylic acids is 1. The van der Waals surface area contributed by atoms with Crippen LogP contribution in [-0.4, -0.2) is 27.6 Å². The van der Waals surface area contributed by atoms with Crippen molar-refractivity contribution in [2.75, 3.05) is 0 Å². The molecule has 0 aliphatic heterocycles.